The molecule has 0 saturated carbocycles. The minimum Gasteiger partial charge on any atom is -0.467 e. The first-order valence-electron chi connectivity index (χ1n) is 7.15. The Balaban J connectivity index is 2.77. The maximum atomic E-state index is 11.9. The van der Waals surface area contributed by atoms with Gasteiger partial charge >= 0.3 is 12.1 Å². The number of ether oxygens (including phenoxy) is 2. The summed E-state index contributed by atoms with van der Waals surface area (Å²) in [5.74, 6) is -1.30. The van der Waals surface area contributed by atoms with Crippen LogP contribution in [0.2, 0.25) is 0 Å². The van der Waals surface area contributed by atoms with Crippen LogP contribution in [0.1, 0.15) is 27.2 Å². The average Bonchev–Trinajstić information content (AvgIpc) is 2.75. The SMILES string of the molecule is C=C[C@H]1CNC(=O)[C@H]1C[C@H](NC(=O)OC(C)(C)C)C(=O)OC. The lowest BCUT2D eigenvalue weighted by Gasteiger charge is -2.24. The number of hydrogen-bond acceptors (Lipinski definition) is 5. The molecule has 0 aromatic rings. The molecule has 1 saturated heterocycles. The fourth-order valence-electron chi connectivity index (χ4n) is 2.28. The lowest BCUT2D eigenvalue weighted by Crippen LogP contribution is -2.46. The predicted molar refractivity (Wildman–Crippen MR) is 80.0 cm³/mol. The highest BCUT2D eigenvalue weighted by atomic mass is 16.6. The highest BCUT2D eigenvalue weighted by Crippen LogP contribution is 2.24. The van der Waals surface area contributed by atoms with Gasteiger partial charge < -0.3 is 20.1 Å². The first-order chi connectivity index (χ1) is 10.2. The predicted octanol–water partition coefficient (Wildman–Crippen LogP) is 0.991. The molecule has 3 atom stereocenters. The Morgan fingerprint density at radius 2 is 2.14 bits per heavy atom. The maximum absolute atomic E-state index is 11.9. The van der Waals surface area contributed by atoms with E-state index in [1.54, 1.807) is 26.8 Å². The normalized spacial score (nSPS) is 22.5. The zero-order valence-electron chi connectivity index (χ0n) is 13.5. The molecule has 0 aromatic heterocycles. The third-order valence-corrected chi connectivity index (χ3v) is 3.33. The van der Waals surface area contributed by atoms with Crippen LogP contribution in [-0.2, 0) is 19.1 Å². The molecular formula is C15H24N2O5. The van der Waals surface area contributed by atoms with Crippen LogP contribution in [0.3, 0.4) is 0 Å². The fraction of sp³-hybridized carbons (Fsp3) is 0.667. The minimum atomic E-state index is -0.948. The van der Waals surface area contributed by atoms with Gasteiger partial charge in [-0.15, -0.1) is 6.58 Å². The summed E-state index contributed by atoms with van der Waals surface area (Å²) in [4.78, 5) is 35.5. The van der Waals surface area contributed by atoms with Crippen molar-refractivity contribution in [2.45, 2.75) is 38.8 Å². The van der Waals surface area contributed by atoms with Gasteiger partial charge in [-0.25, -0.2) is 9.59 Å². The molecular weight excluding hydrogens is 288 g/mol. The van der Waals surface area contributed by atoms with E-state index in [0.29, 0.717) is 6.54 Å². The molecule has 1 rings (SSSR count). The number of rotatable bonds is 5. The number of nitrogens with one attached hydrogen (secondary N) is 2. The molecule has 0 aromatic carbocycles. The molecule has 7 heteroatoms. The van der Waals surface area contributed by atoms with Crippen LogP contribution >= 0.6 is 0 Å². The van der Waals surface area contributed by atoms with Crippen LogP contribution < -0.4 is 10.6 Å². The number of hydrogen-bond donors (Lipinski definition) is 2. The van der Waals surface area contributed by atoms with Gasteiger partial charge in [0.1, 0.15) is 11.6 Å². The molecule has 1 fully saturated rings. The second-order valence-electron chi connectivity index (χ2n) is 6.21. The van der Waals surface area contributed by atoms with E-state index in [4.69, 9.17) is 9.47 Å². The number of methoxy groups -OCH3 is 1. The maximum Gasteiger partial charge on any atom is 0.408 e. The topological polar surface area (TPSA) is 93.7 Å². The summed E-state index contributed by atoms with van der Waals surface area (Å²) in [7, 11) is 1.23. The van der Waals surface area contributed by atoms with Gasteiger partial charge in [0.25, 0.3) is 0 Å². The first kappa shape index (κ1) is 18.0. The van der Waals surface area contributed by atoms with Gasteiger partial charge in [-0.3, -0.25) is 4.79 Å². The van der Waals surface area contributed by atoms with E-state index in [2.05, 4.69) is 17.2 Å². The Kier molecular flexibility index (Phi) is 5.96. The highest BCUT2D eigenvalue weighted by Gasteiger charge is 2.37. The quantitative estimate of drug-likeness (QED) is 0.583. The number of carbonyl (C=O) groups excluding carboxylic acids is 3. The van der Waals surface area contributed by atoms with E-state index in [9.17, 15) is 14.4 Å². The second kappa shape index (κ2) is 7.29. The molecule has 2 N–H and O–H groups in total. The standard InChI is InChI=1S/C15H24N2O5/c1-6-9-8-16-12(18)10(9)7-11(13(19)21-5)17-14(20)22-15(2,3)4/h6,9-11H,1,7-8H2,2-5H3,(H,16,18)(H,17,20)/t9-,10-,11-/m0/s1. The molecule has 22 heavy (non-hydrogen) atoms. The highest BCUT2D eigenvalue weighted by molar-refractivity contribution is 5.85. The van der Waals surface area contributed by atoms with E-state index in [1.807, 2.05) is 0 Å². The van der Waals surface area contributed by atoms with E-state index in [0.717, 1.165) is 0 Å². The van der Waals surface area contributed by atoms with Crippen LogP contribution in [0.4, 0.5) is 4.79 Å². The number of carbonyl (C=O) groups is 3. The van der Waals surface area contributed by atoms with Crippen LogP contribution in [0.5, 0.6) is 0 Å². The fourth-order valence-corrected chi connectivity index (χ4v) is 2.28. The van der Waals surface area contributed by atoms with Gasteiger partial charge in [-0.05, 0) is 27.2 Å². The van der Waals surface area contributed by atoms with Crippen molar-refractivity contribution in [3.63, 3.8) is 0 Å². The van der Waals surface area contributed by atoms with Crippen molar-refractivity contribution in [3.8, 4) is 0 Å². The van der Waals surface area contributed by atoms with E-state index in [1.165, 1.54) is 7.11 Å². The molecule has 0 bridgehead atoms. The molecule has 0 unspecified atom stereocenters. The molecule has 1 aliphatic heterocycles. The van der Waals surface area contributed by atoms with Crippen molar-refractivity contribution in [1.82, 2.24) is 10.6 Å². The van der Waals surface area contributed by atoms with Gasteiger partial charge in [0.15, 0.2) is 0 Å². The smallest absolute Gasteiger partial charge is 0.408 e. The Morgan fingerprint density at radius 3 is 2.64 bits per heavy atom. The van der Waals surface area contributed by atoms with Gasteiger partial charge in [-0.2, -0.15) is 0 Å². The van der Waals surface area contributed by atoms with E-state index in [-0.39, 0.29) is 18.2 Å². The summed E-state index contributed by atoms with van der Waals surface area (Å²) in [6, 6.07) is -0.948. The third-order valence-electron chi connectivity index (χ3n) is 3.33. The molecule has 0 radical (unpaired) electrons. The first-order valence-corrected chi connectivity index (χ1v) is 7.15. The van der Waals surface area contributed by atoms with Gasteiger partial charge in [0, 0.05) is 18.4 Å². The number of alkyl carbamates (subject to hydrolysis) is 1. The summed E-state index contributed by atoms with van der Waals surface area (Å²) in [6.45, 7) is 9.33. The molecule has 1 heterocycles. The Morgan fingerprint density at radius 1 is 1.50 bits per heavy atom. The lowest BCUT2D eigenvalue weighted by molar-refractivity contribution is -0.143. The molecule has 0 spiro atoms. The second-order valence-corrected chi connectivity index (χ2v) is 6.21. The number of esters is 1. The average molecular weight is 312 g/mol. The summed E-state index contributed by atoms with van der Waals surface area (Å²) >= 11 is 0. The van der Waals surface area contributed by atoms with Gasteiger partial charge in [0.2, 0.25) is 5.91 Å². The van der Waals surface area contributed by atoms with Crippen LogP contribution in [-0.4, -0.2) is 43.3 Å². The lowest BCUT2D eigenvalue weighted by atomic mass is 9.89. The van der Waals surface area contributed by atoms with Crippen molar-refractivity contribution in [3.05, 3.63) is 12.7 Å². The summed E-state index contributed by atoms with van der Waals surface area (Å²) in [6.07, 6.45) is 1.08. The zero-order chi connectivity index (χ0) is 16.9. The number of amides is 2. The van der Waals surface area contributed by atoms with Crippen molar-refractivity contribution in [2.24, 2.45) is 11.8 Å². The molecule has 1 aliphatic rings. The molecule has 7 nitrogen and oxygen atoms in total. The molecule has 124 valence electrons. The van der Waals surface area contributed by atoms with Crippen LogP contribution in [0, 0.1) is 11.8 Å². The zero-order valence-corrected chi connectivity index (χ0v) is 13.5. The largest absolute Gasteiger partial charge is 0.467 e. The van der Waals surface area contributed by atoms with Crippen LogP contribution in [0.15, 0.2) is 12.7 Å². The summed E-state index contributed by atoms with van der Waals surface area (Å²) in [5.41, 5.74) is -0.681. The van der Waals surface area contributed by atoms with Gasteiger partial charge in [0.05, 0.1) is 7.11 Å². The van der Waals surface area contributed by atoms with Crippen molar-refractivity contribution in [2.75, 3.05) is 13.7 Å². The van der Waals surface area contributed by atoms with E-state index >= 15 is 0 Å². The summed E-state index contributed by atoms with van der Waals surface area (Å²) < 4.78 is 9.82. The van der Waals surface area contributed by atoms with E-state index < -0.39 is 29.6 Å². The minimum absolute atomic E-state index is 0.0832. The Labute approximate surface area is 130 Å². The van der Waals surface area contributed by atoms with Crippen molar-refractivity contribution in [1.29, 1.82) is 0 Å². The molecule has 0 aliphatic carbocycles. The third kappa shape index (κ3) is 5.05. The monoisotopic (exact) mass is 312 g/mol. The van der Waals surface area contributed by atoms with Gasteiger partial charge in [-0.1, -0.05) is 6.08 Å². The Hall–Kier alpha value is -2.05. The van der Waals surface area contributed by atoms with Crippen molar-refractivity contribution < 1.29 is 23.9 Å². The summed E-state index contributed by atoms with van der Waals surface area (Å²) in [5, 5.41) is 5.18. The Bertz CT molecular complexity index is 455. The van der Waals surface area contributed by atoms with Crippen molar-refractivity contribution >= 4 is 18.0 Å². The van der Waals surface area contributed by atoms with Crippen LogP contribution in [0.25, 0.3) is 0 Å². The molecule has 2 amide bonds.